The van der Waals surface area contributed by atoms with Gasteiger partial charge in [-0.3, -0.25) is 9.52 Å². The minimum absolute atomic E-state index is 0.0253. The van der Waals surface area contributed by atoms with Gasteiger partial charge in [0.15, 0.2) is 0 Å². The second kappa shape index (κ2) is 5.99. The fourth-order valence-corrected chi connectivity index (χ4v) is 2.60. The van der Waals surface area contributed by atoms with E-state index in [4.69, 9.17) is 0 Å². The average Bonchev–Trinajstić information content (AvgIpc) is 2.77. The van der Waals surface area contributed by atoms with Crippen molar-refractivity contribution < 1.29 is 17.9 Å². The predicted molar refractivity (Wildman–Crippen MR) is 66.1 cm³/mol. The minimum atomic E-state index is -3.60. The highest BCUT2D eigenvalue weighted by atomic mass is 32.2. The summed E-state index contributed by atoms with van der Waals surface area (Å²) in [5.74, 6) is -0.442. The van der Waals surface area contributed by atoms with Crippen LogP contribution >= 0.6 is 11.3 Å². The van der Waals surface area contributed by atoms with Crippen LogP contribution in [0.2, 0.25) is 0 Å². The molecule has 8 heteroatoms. The van der Waals surface area contributed by atoms with Crippen LogP contribution in [-0.2, 0) is 19.7 Å². The Morgan fingerprint density at radius 1 is 1.59 bits per heavy atom. The summed E-state index contributed by atoms with van der Waals surface area (Å²) in [7, 11) is -0.940. The number of carbonyl (C=O) groups is 1. The SMILES string of the molecule is COC(=O)CCN(C)S(=O)(=O)Nc1ccsc1. The molecule has 0 fully saturated rings. The predicted octanol–water partition coefficient (Wildman–Crippen LogP) is 0.900. The molecule has 0 bridgehead atoms. The van der Waals surface area contributed by atoms with Gasteiger partial charge in [0.1, 0.15) is 0 Å². The molecule has 0 amide bonds. The van der Waals surface area contributed by atoms with Crippen LogP contribution in [0.25, 0.3) is 0 Å². The maximum absolute atomic E-state index is 11.8. The van der Waals surface area contributed by atoms with Gasteiger partial charge in [-0.2, -0.15) is 24.1 Å². The van der Waals surface area contributed by atoms with E-state index in [0.29, 0.717) is 5.69 Å². The highest BCUT2D eigenvalue weighted by molar-refractivity contribution is 7.90. The number of esters is 1. The number of ether oxygens (including phenoxy) is 1. The Kier molecular flexibility index (Phi) is 4.91. The number of rotatable bonds is 6. The van der Waals surface area contributed by atoms with Crippen molar-refractivity contribution in [2.24, 2.45) is 0 Å². The van der Waals surface area contributed by atoms with Gasteiger partial charge in [-0.05, 0) is 11.4 Å². The summed E-state index contributed by atoms with van der Waals surface area (Å²) in [5.41, 5.74) is 0.514. The smallest absolute Gasteiger partial charge is 0.306 e. The normalized spacial score (nSPS) is 11.5. The molecule has 1 rings (SSSR count). The molecule has 0 radical (unpaired) electrons. The summed E-state index contributed by atoms with van der Waals surface area (Å²) in [6.45, 7) is 0.0755. The summed E-state index contributed by atoms with van der Waals surface area (Å²) < 4.78 is 31.4. The molecule has 0 unspecified atom stereocenters. The Morgan fingerprint density at radius 2 is 2.29 bits per heavy atom. The molecule has 0 aliphatic heterocycles. The van der Waals surface area contributed by atoms with E-state index in [2.05, 4.69) is 9.46 Å². The molecule has 1 aromatic heterocycles. The average molecular weight is 278 g/mol. The molecule has 17 heavy (non-hydrogen) atoms. The zero-order valence-corrected chi connectivity index (χ0v) is 11.2. The molecule has 1 N–H and O–H groups in total. The number of nitrogens with one attached hydrogen (secondary N) is 1. The lowest BCUT2D eigenvalue weighted by Gasteiger charge is -2.16. The van der Waals surface area contributed by atoms with Gasteiger partial charge in [-0.15, -0.1) is 0 Å². The lowest BCUT2D eigenvalue weighted by Crippen LogP contribution is -2.34. The minimum Gasteiger partial charge on any atom is -0.469 e. The van der Waals surface area contributed by atoms with E-state index in [0.717, 1.165) is 4.31 Å². The zero-order valence-electron chi connectivity index (χ0n) is 9.54. The third-order valence-corrected chi connectivity index (χ3v) is 4.22. The van der Waals surface area contributed by atoms with E-state index in [9.17, 15) is 13.2 Å². The van der Waals surface area contributed by atoms with Gasteiger partial charge in [0.25, 0.3) is 0 Å². The summed E-state index contributed by atoms with van der Waals surface area (Å²) in [6, 6.07) is 1.66. The Morgan fingerprint density at radius 3 is 2.82 bits per heavy atom. The van der Waals surface area contributed by atoms with Crippen LogP contribution < -0.4 is 4.72 Å². The first-order valence-electron chi connectivity index (χ1n) is 4.79. The quantitative estimate of drug-likeness (QED) is 0.784. The van der Waals surface area contributed by atoms with E-state index in [-0.39, 0.29) is 13.0 Å². The monoisotopic (exact) mass is 278 g/mol. The summed E-state index contributed by atoms with van der Waals surface area (Å²) >= 11 is 1.39. The van der Waals surface area contributed by atoms with Crippen molar-refractivity contribution in [2.45, 2.75) is 6.42 Å². The zero-order chi connectivity index (χ0) is 12.9. The Hall–Kier alpha value is -1.12. The molecular weight excluding hydrogens is 264 g/mol. The second-order valence-electron chi connectivity index (χ2n) is 3.27. The van der Waals surface area contributed by atoms with Crippen LogP contribution in [0.4, 0.5) is 5.69 Å². The number of methoxy groups -OCH3 is 1. The topological polar surface area (TPSA) is 75.7 Å². The summed E-state index contributed by atoms with van der Waals surface area (Å²) in [5, 5.41) is 3.46. The van der Waals surface area contributed by atoms with Crippen molar-refractivity contribution in [3.8, 4) is 0 Å². The van der Waals surface area contributed by atoms with Crippen LogP contribution in [0.15, 0.2) is 16.8 Å². The van der Waals surface area contributed by atoms with E-state index in [1.165, 1.54) is 25.5 Å². The number of thiophene rings is 1. The lowest BCUT2D eigenvalue weighted by molar-refractivity contribution is -0.140. The van der Waals surface area contributed by atoms with Gasteiger partial charge in [0.05, 0.1) is 19.2 Å². The van der Waals surface area contributed by atoms with E-state index in [1.54, 1.807) is 16.8 Å². The molecule has 0 aromatic carbocycles. The Labute approximate surface area is 104 Å². The first-order valence-corrected chi connectivity index (χ1v) is 7.17. The highest BCUT2D eigenvalue weighted by Crippen LogP contribution is 2.14. The van der Waals surface area contributed by atoms with Crippen molar-refractivity contribution in [1.29, 1.82) is 0 Å². The molecular formula is C9H14N2O4S2. The molecule has 0 atom stereocenters. The highest BCUT2D eigenvalue weighted by Gasteiger charge is 2.18. The maximum Gasteiger partial charge on any atom is 0.306 e. The lowest BCUT2D eigenvalue weighted by atomic mass is 10.4. The van der Waals surface area contributed by atoms with Crippen molar-refractivity contribution in [1.82, 2.24) is 4.31 Å². The standard InChI is InChI=1S/C9H14N2O4S2/c1-11(5-3-9(12)15-2)17(13,14)10-8-4-6-16-7-8/h4,6-7,10H,3,5H2,1-2H3. The molecule has 1 aromatic rings. The molecule has 1 heterocycles. The van der Waals surface area contributed by atoms with Gasteiger partial charge in [-0.1, -0.05) is 0 Å². The number of hydrogen-bond donors (Lipinski definition) is 1. The van der Waals surface area contributed by atoms with Gasteiger partial charge >= 0.3 is 16.2 Å². The maximum atomic E-state index is 11.8. The summed E-state index contributed by atoms with van der Waals surface area (Å²) in [6.07, 6.45) is 0.0253. The molecule has 0 saturated carbocycles. The van der Waals surface area contributed by atoms with Gasteiger partial charge in [0, 0.05) is 19.0 Å². The third kappa shape index (κ3) is 4.33. The van der Waals surface area contributed by atoms with Crippen LogP contribution in [0.1, 0.15) is 6.42 Å². The largest absolute Gasteiger partial charge is 0.469 e. The van der Waals surface area contributed by atoms with Gasteiger partial charge in [0.2, 0.25) is 0 Å². The van der Waals surface area contributed by atoms with E-state index in [1.807, 2.05) is 0 Å². The van der Waals surface area contributed by atoms with Crippen LogP contribution in [0.3, 0.4) is 0 Å². The molecule has 6 nitrogen and oxygen atoms in total. The molecule has 0 aliphatic carbocycles. The van der Waals surface area contributed by atoms with Crippen LogP contribution in [0.5, 0.6) is 0 Å². The molecule has 0 spiro atoms. The van der Waals surface area contributed by atoms with Crippen molar-refractivity contribution in [3.63, 3.8) is 0 Å². The number of anilines is 1. The number of hydrogen-bond acceptors (Lipinski definition) is 5. The Bertz CT molecular complexity index is 455. The molecule has 0 aliphatic rings. The number of carbonyl (C=O) groups excluding carboxylic acids is 1. The molecule has 96 valence electrons. The van der Waals surface area contributed by atoms with Crippen molar-refractivity contribution in [3.05, 3.63) is 16.8 Å². The van der Waals surface area contributed by atoms with Crippen LogP contribution in [0, 0.1) is 0 Å². The second-order valence-corrected chi connectivity index (χ2v) is 5.82. The van der Waals surface area contributed by atoms with Crippen LogP contribution in [-0.4, -0.2) is 39.4 Å². The fraction of sp³-hybridized carbons (Fsp3) is 0.444. The summed E-state index contributed by atoms with van der Waals surface area (Å²) in [4.78, 5) is 10.9. The fourth-order valence-electron chi connectivity index (χ4n) is 1.02. The Balaban J connectivity index is 2.55. The van der Waals surface area contributed by atoms with Crippen molar-refractivity contribution in [2.75, 3.05) is 25.4 Å². The first-order chi connectivity index (χ1) is 7.95. The molecule has 0 saturated heterocycles. The third-order valence-electron chi connectivity index (χ3n) is 2.04. The van der Waals surface area contributed by atoms with Gasteiger partial charge < -0.3 is 4.74 Å². The van der Waals surface area contributed by atoms with Crippen molar-refractivity contribution >= 4 is 33.2 Å². The number of nitrogens with zero attached hydrogens (tertiary/aromatic N) is 1. The van der Waals surface area contributed by atoms with E-state index < -0.39 is 16.2 Å². The van der Waals surface area contributed by atoms with Gasteiger partial charge in [-0.25, -0.2) is 0 Å². The first kappa shape index (κ1) is 13.9. The van der Waals surface area contributed by atoms with E-state index >= 15 is 0 Å².